The molecule has 4 rings (SSSR count). The summed E-state index contributed by atoms with van der Waals surface area (Å²) >= 11 is 7.42. The van der Waals surface area contributed by atoms with Crippen molar-refractivity contribution in [3.63, 3.8) is 0 Å². The number of hydrogen-bond donors (Lipinski definition) is 2. The molecule has 3 aromatic rings. The molecule has 6 nitrogen and oxygen atoms in total. The van der Waals surface area contributed by atoms with Gasteiger partial charge in [0, 0.05) is 35.8 Å². The molecule has 148 valence electrons. The zero-order chi connectivity index (χ0) is 20.4. The minimum atomic E-state index is -0.489. The third kappa shape index (κ3) is 4.31. The number of aryl methyl sites for hydroxylation is 1. The van der Waals surface area contributed by atoms with Crippen LogP contribution < -0.4 is 10.6 Å². The molecule has 2 heterocycles. The zero-order valence-corrected chi connectivity index (χ0v) is 17.2. The number of carbonyl (C=O) groups is 2. The Morgan fingerprint density at radius 3 is 2.76 bits per heavy atom. The van der Waals surface area contributed by atoms with E-state index in [9.17, 15) is 9.59 Å². The smallest absolute Gasteiger partial charge is 0.238 e. The van der Waals surface area contributed by atoms with Crippen molar-refractivity contribution in [2.24, 2.45) is 7.05 Å². The Bertz CT molecular complexity index is 1050. The predicted octanol–water partition coefficient (Wildman–Crippen LogP) is 3.78. The first-order valence-electron chi connectivity index (χ1n) is 9.10. The normalized spacial score (nSPS) is 16.6. The first-order valence-corrected chi connectivity index (χ1v) is 10.4. The number of imidazole rings is 1. The van der Waals surface area contributed by atoms with Crippen LogP contribution in [0.15, 0.2) is 65.8 Å². The Morgan fingerprint density at radius 2 is 2.03 bits per heavy atom. The van der Waals surface area contributed by atoms with Gasteiger partial charge < -0.3 is 15.2 Å². The first kappa shape index (κ1) is 19.5. The summed E-state index contributed by atoms with van der Waals surface area (Å²) in [5, 5.41) is 6.03. The van der Waals surface area contributed by atoms with Crippen molar-refractivity contribution in [1.82, 2.24) is 14.9 Å². The highest BCUT2D eigenvalue weighted by Crippen LogP contribution is 2.36. The van der Waals surface area contributed by atoms with Crippen molar-refractivity contribution >= 4 is 40.9 Å². The van der Waals surface area contributed by atoms with Crippen LogP contribution in [0.4, 0.5) is 5.69 Å². The van der Waals surface area contributed by atoms with E-state index in [2.05, 4.69) is 15.6 Å². The average molecular weight is 427 g/mol. The van der Waals surface area contributed by atoms with Crippen molar-refractivity contribution in [2.45, 2.75) is 22.6 Å². The number of aromatic nitrogens is 2. The van der Waals surface area contributed by atoms with E-state index in [0.29, 0.717) is 10.8 Å². The quantitative estimate of drug-likeness (QED) is 0.651. The number of nitrogens with zero attached hydrogens (tertiary/aromatic N) is 2. The fourth-order valence-corrected chi connectivity index (χ4v) is 4.46. The van der Waals surface area contributed by atoms with Gasteiger partial charge in [0.15, 0.2) is 0 Å². The third-order valence-corrected chi connectivity index (χ3v) is 6.23. The van der Waals surface area contributed by atoms with Gasteiger partial charge in [-0.3, -0.25) is 9.59 Å². The Labute approximate surface area is 177 Å². The van der Waals surface area contributed by atoms with E-state index in [1.54, 1.807) is 18.3 Å². The number of nitrogens with one attached hydrogen (secondary N) is 2. The summed E-state index contributed by atoms with van der Waals surface area (Å²) in [6.45, 7) is 0. The molecule has 0 spiro atoms. The van der Waals surface area contributed by atoms with Gasteiger partial charge in [-0.1, -0.05) is 35.9 Å². The summed E-state index contributed by atoms with van der Waals surface area (Å²) in [5.41, 5.74) is 1.65. The minimum absolute atomic E-state index is 0.0688. The summed E-state index contributed by atoms with van der Waals surface area (Å²) in [5.74, 6) is 0.315. The van der Waals surface area contributed by atoms with Crippen molar-refractivity contribution in [1.29, 1.82) is 0 Å². The maximum atomic E-state index is 12.9. The Balaban J connectivity index is 1.52. The number of fused-ring (bicyclic) bond motifs is 1. The van der Waals surface area contributed by atoms with E-state index < -0.39 is 11.3 Å². The molecular weight excluding hydrogens is 408 g/mol. The number of rotatable bonds is 5. The monoisotopic (exact) mass is 426 g/mol. The van der Waals surface area contributed by atoms with Crippen LogP contribution in [0, 0.1) is 0 Å². The van der Waals surface area contributed by atoms with Gasteiger partial charge in [-0.2, -0.15) is 0 Å². The summed E-state index contributed by atoms with van der Waals surface area (Å²) in [6.07, 6.45) is 3.58. The second-order valence-corrected chi connectivity index (χ2v) is 8.43. The van der Waals surface area contributed by atoms with Gasteiger partial charge in [0.2, 0.25) is 11.8 Å². The molecule has 0 unspecified atom stereocenters. The van der Waals surface area contributed by atoms with Crippen molar-refractivity contribution < 1.29 is 9.59 Å². The van der Waals surface area contributed by atoms with Crippen LogP contribution in [0.25, 0.3) is 0 Å². The molecule has 1 aliphatic rings. The molecular formula is C21H19ClN4O2S. The molecule has 1 aromatic heterocycles. The first-order chi connectivity index (χ1) is 14.0. The Kier molecular flexibility index (Phi) is 5.60. The second-order valence-electron chi connectivity index (χ2n) is 6.74. The predicted molar refractivity (Wildman–Crippen MR) is 114 cm³/mol. The molecule has 2 aromatic carbocycles. The van der Waals surface area contributed by atoms with Crippen LogP contribution in [0.5, 0.6) is 0 Å². The molecule has 0 fully saturated rings. The van der Waals surface area contributed by atoms with Crippen LogP contribution in [0.2, 0.25) is 5.02 Å². The van der Waals surface area contributed by atoms with Gasteiger partial charge in [-0.25, -0.2) is 4.98 Å². The standard InChI is InChI=1S/C21H19ClN4O2S/c1-26-11-10-23-20(26)19(13-6-8-14(22)9-7-13)25-18(27)12-17-21(28)24-15-4-2-3-5-16(15)29-17/h2-11,17,19H,12H2,1H3,(H,24,28)(H,25,27)/t17-,19-/m1/s1. The number of anilines is 1. The summed E-state index contributed by atoms with van der Waals surface area (Å²) in [4.78, 5) is 30.6. The van der Waals surface area contributed by atoms with Crippen molar-refractivity contribution in [3.8, 4) is 0 Å². The molecule has 0 bridgehead atoms. The van der Waals surface area contributed by atoms with Gasteiger partial charge in [-0.05, 0) is 29.8 Å². The molecule has 8 heteroatoms. The molecule has 2 atom stereocenters. The molecule has 0 saturated heterocycles. The Hall–Kier alpha value is -2.77. The second kappa shape index (κ2) is 8.31. The van der Waals surface area contributed by atoms with Crippen LogP contribution in [0.3, 0.4) is 0 Å². The highest BCUT2D eigenvalue weighted by atomic mass is 35.5. The van der Waals surface area contributed by atoms with Gasteiger partial charge in [0.25, 0.3) is 0 Å². The van der Waals surface area contributed by atoms with E-state index in [0.717, 1.165) is 16.1 Å². The zero-order valence-electron chi connectivity index (χ0n) is 15.6. The van der Waals surface area contributed by atoms with E-state index in [1.807, 2.05) is 54.2 Å². The molecule has 0 radical (unpaired) electrons. The van der Waals surface area contributed by atoms with E-state index in [4.69, 9.17) is 11.6 Å². The maximum absolute atomic E-state index is 12.9. The number of benzene rings is 2. The molecule has 2 N–H and O–H groups in total. The third-order valence-electron chi connectivity index (χ3n) is 4.70. The van der Waals surface area contributed by atoms with Gasteiger partial charge >= 0.3 is 0 Å². The number of amides is 2. The fourth-order valence-electron chi connectivity index (χ4n) is 3.22. The lowest BCUT2D eigenvalue weighted by molar-refractivity contribution is -0.124. The van der Waals surface area contributed by atoms with Gasteiger partial charge in [-0.15, -0.1) is 11.8 Å². The summed E-state index contributed by atoms with van der Waals surface area (Å²) < 4.78 is 1.86. The molecule has 29 heavy (non-hydrogen) atoms. The summed E-state index contributed by atoms with van der Waals surface area (Å²) in [6, 6.07) is 14.4. The topological polar surface area (TPSA) is 76.0 Å². The average Bonchev–Trinajstić information content (AvgIpc) is 3.13. The molecule has 1 aliphatic heterocycles. The van der Waals surface area contributed by atoms with E-state index >= 15 is 0 Å². The lowest BCUT2D eigenvalue weighted by atomic mass is 10.1. The minimum Gasteiger partial charge on any atom is -0.342 e. The van der Waals surface area contributed by atoms with Gasteiger partial charge in [0.05, 0.1) is 10.9 Å². The van der Waals surface area contributed by atoms with Crippen molar-refractivity contribution in [2.75, 3.05) is 5.32 Å². The largest absolute Gasteiger partial charge is 0.342 e. The lowest BCUT2D eigenvalue weighted by Gasteiger charge is -2.25. The van der Waals surface area contributed by atoms with Gasteiger partial charge in [0.1, 0.15) is 11.9 Å². The van der Waals surface area contributed by atoms with Crippen molar-refractivity contribution in [3.05, 3.63) is 77.3 Å². The number of halogens is 1. The van der Waals surface area contributed by atoms with Crippen LogP contribution in [0.1, 0.15) is 23.9 Å². The molecule has 0 saturated carbocycles. The molecule has 2 amide bonds. The van der Waals surface area contributed by atoms with E-state index in [-0.39, 0.29) is 18.2 Å². The number of thioether (sulfide) groups is 1. The Morgan fingerprint density at radius 1 is 1.28 bits per heavy atom. The fraction of sp³-hybridized carbons (Fsp3) is 0.190. The summed E-state index contributed by atoms with van der Waals surface area (Å²) in [7, 11) is 1.87. The number of carbonyl (C=O) groups excluding carboxylic acids is 2. The lowest BCUT2D eigenvalue weighted by Crippen LogP contribution is -2.37. The van der Waals surface area contributed by atoms with Crippen LogP contribution in [-0.2, 0) is 16.6 Å². The SMILES string of the molecule is Cn1ccnc1[C@H](NC(=O)C[C@H]1Sc2ccccc2NC1=O)c1ccc(Cl)cc1. The number of hydrogen-bond acceptors (Lipinski definition) is 4. The maximum Gasteiger partial charge on any atom is 0.238 e. The van der Waals surface area contributed by atoms with Crippen LogP contribution in [-0.4, -0.2) is 26.6 Å². The number of para-hydroxylation sites is 1. The van der Waals surface area contributed by atoms with E-state index in [1.165, 1.54) is 11.8 Å². The molecule has 0 aliphatic carbocycles. The van der Waals surface area contributed by atoms with Crippen LogP contribution >= 0.6 is 23.4 Å². The highest BCUT2D eigenvalue weighted by molar-refractivity contribution is 8.01. The highest BCUT2D eigenvalue weighted by Gasteiger charge is 2.30.